The Hall–Kier alpha value is -2.42. The van der Waals surface area contributed by atoms with E-state index in [0.29, 0.717) is 17.6 Å². The summed E-state index contributed by atoms with van der Waals surface area (Å²) in [5.41, 5.74) is 1.52. The van der Waals surface area contributed by atoms with E-state index in [1.807, 2.05) is 31.2 Å². The van der Waals surface area contributed by atoms with Gasteiger partial charge in [0.1, 0.15) is 11.5 Å². The van der Waals surface area contributed by atoms with Crippen LogP contribution in [0.15, 0.2) is 48.5 Å². The van der Waals surface area contributed by atoms with Gasteiger partial charge in [0.05, 0.1) is 0 Å². The summed E-state index contributed by atoms with van der Waals surface area (Å²) in [6, 6.07) is 14.1. The number of rotatable bonds is 4. The summed E-state index contributed by atoms with van der Waals surface area (Å²) >= 11 is 0. The first-order valence-electron chi connectivity index (χ1n) is 5.53. The average molecular weight is 240 g/mol. The highest BCUT2D eigenvalue weighted by Crippen LogP contribution is 2.21. The van der Waals surface area contributed by atoms with E-state index in [1.165, 1.54) is 0 Å². The Labute approximate surface area is 105 Å². The molecule has 0 unspecified atom stereocenters. The van der Waals surface area contributed by atoms with Crippen molar-refractivity contribution in [3.8, 4) is 11.5 Å². The van der Waals surface area contributed by atoms with Crippen LogP contribution in [0, 0.1) is 6.92 Å². The Kier molecular flexibility index (Phi) is 3.53. The molecule has 0 N–H and O–H groups in total. The van der Waals surface area contributed by atoms with Gasteiger partial charge in [0.15, 0.2) is 6.29 Å². The van der Waals surface area contributed by atoms with Crippen LogP contribution in [0.1, 0.15) is 15.9 Å². The molecule has 0 aliphatic carbocycles. The Morgan fingerprint density at radius 3 is 1.94 bits per heavy atom. The van der Waals surface area contributed by atoms with E-state index in [4.69, 9.17) is 4.74 Å². The van der Waals surface area contributed by atoms with Crippen molar-refractivity contribution in [2.45, 2.75) is 6.92 Å². The number of benzene rings is 2. The van der Waals surface area contributed by atoms with Gasteiger partial charge < -0.3 is 4.74 Å². The predicted octanol–water partition coefficient (Wildman–Crippen LogP) is 3.17. The molecule has 0 aliphatic heterocycles. The number of carbonyl (C=O) groups is 2. The van der Waals surface area contributed by atoms with Crippen molar-refractivity contribution >= 4 is 12.1 Å². The molecule has 0 radical (unpaired) electrons. The summed E-state index contributed by atoms with van der Waals surface area (Å²) < 4.78 is 5.60. The fourth-order valence-electron chi connectivity index (χ4n) is 1.50. The van der Waals surface area contributed by atoms with Gasteiger partial charge in [-0.2, -0.15) is 0 Å². The van der Waals surface area contributed by atoms with Crippen LogP contribution in [0.5, 0.6) is 11.5 Å². The molecule has 0 aromatic heterocycles. The van der Waals surface area contributed by atoms with Crippen LogP contribution in [0.4, 0.5) is 0 Å². The third-order valence-electron chi connectivity index (χ3n) is 2.50. The van der Waals surface area contributed by atoms with E-state index in [1.54, 1.807) is 24.3 Å². The van der Waals surface area contributed by atoms with Gasteiger partial charge in [0, 0.05) is 5.56 Å². The van der Waals surface area contributed by atoms with Crippen LogP contribution in [-0.4, -0.2) is 12.1 Å². The molecule has 2 rings (SSSR count). The Bertz CT molecular complexity index is 553. The Morgan fingerprint density at radius 1 is 0.944 bits per heavy atom. The molecule has 0 atom stereocenters. The maximum atomic E-state index is 11.1. The first-order chi connectivity index (χ1) is 8.69. The highest BCUT2D eigenvalue weighted by molar-refractivity contribution is 6.33. The standard InChI is InChI=1S/C15H12O3/c1-11-2-6-13(7-3-11)18-14-8-4-12(5-9-14)15(17)10-16/h2-10H,1H3. The molecule has 3 heteroatoms. The number of hydrogen-bond donors (Lipinski definition) is 0. The van der Waals surface area contributed by atoms with Crippen molar-refractivity contribution in [3.63, 3.8) is 0 Å². The summed E-state index contributed by atoms with van der Waals surface area (Å²) in [5, 5.41) is 0. The molecule has 0 spiro atoms. The van der Waals surface area contributed by atoms with Crippen molar-refractivity contribution in [3.05, 3.63) is 59.7 Å². The molecule has 0 bridgehead atoms. The number of aldehydes is 1. The number of aryl methyl sites for hydroxylation is 1. The first kappa shape index (κ1) is 12.0. The van der Waals surface area contributed by atoms with Crippen molar-refractivity contribution in [2.24, 2.45) is 0 Å². The van der Waals surface area contributed by atoms with Gasteiger partial charge in [-0.15, -0.1) is 0 Å². The zero-order chi connectivity index (χ0) is 13.0. The van der Waals surface area contributed by atoms with Crippen LogP contribution in [-0.2, 0) is 4.79 Å². The van der Waals surface area contributed by atoms with Crippen molar-refractivity contribution in [1.82, 2.24) is 0 Å². The van der Waals surface area contributed by atoms with E-state index in [2.05, 4.69) is 0 Å². The van der Waals surface area contributed by atoms with Crippen molar-refractivity contribution in [2.75, 3.05) is 0 Å². The highest BCUT2D eigenvalue weighted by atomic mass is 16.5. The van der Waals surface area contributed by atoms with Crippen LogP contribution in [0.25, 0.3) is 0 Å². The lowest BCUT2D eigenvalue weighted by Crippen LogP contribution is -1.98. The summed E-state index contributed by atoms with van der Waals surface area (Å²) in [7, 11) is 0. The maximum Gasteiger partial charge on any atom is 0.225 e. The summed E-state index contributed by atoms with van der Waals surface area (Å²) in [6.07, 6.45) is 0.301. The largest absolute Gasteiger partial charge is 0.457 e. The molecule has 18 heavy (non-hydrogen) atoms. The minimum absolute atomic E-state index is 0.301. The van der Waals surface area contributed by atoms with E-state index >= 15 is 0 Å². The van der Waals surface area contributed by atoms with E-state index < -0.39 is 5.78 Å². The van der Waals surface area contributed by atoms with Gasteiger partial charge in [-0.25, -0.2) is 0 Å². The minimum Gasteiger partial charge on any atom is -0.457 e. The molecule has 2 aromatic rings. The smallest absolute Gasteiger partial charge is 0.225 e. The molecule has 3 nitrogen and oxygen atoms in total. The normalized spacial score (nSPS) is 9.83. The maximum absolute atomic E-state index is 11.1. The number of carbonyl (C=O) groups excluding carboxylic acids is 2. The predicted molar refractivity (Wildman–Crippen MR) is 68.1 cm³/mol. The van der Waals surface area contributed by atoms with Gasteiger partial charge >= 0.3 is 0 Å². The number of ether oxygens (including phenoxy) is 1. The summed E-state index contributed by atoms with van der Waals surface area (Å²) in [5.74, 6) is 0.827. The lowest BCUT2D eigenvalue weighted by Gasteiger charge is -2.06. The summed E-state index contributed by atoms with van der Waals surface area (Å²) in [4.78, 5) is 21.4. The average Bonchev–Trinajstić information content (AvgIpc) is 2.41. The van der Waals surface area contributed by atoms with Crippen molar-refractivity contribution in [1.29, 1.82) is 0 Å². The second-order valence-electron chi connectivity index (χ2n) is 3.92. The fraction of sp³-hybridized carbons (Fsp3) is 0.0667. The molecule has 0 aliphatic rings. The topological polar surface area (TPSA) is 43.4 Å². The van der Waals surface area contributed by atoms with Gasteiger partial charge in [-0.1, -0.05) is 17.7 Å². The van der Waals surface area contributed by atoms with E-state index in [-0.39, 0.29) is 0 Å². The van der Waals surface area contributed by atoms with Crippen LogP contribution >= 0.6 is 0 Å². The first-order valence-corrected chi connectivity index (χ1v) is 5.53. The number of hydrogen-bond acceptors (Lipinski definition) is 3. The van der Waals surface area contributed by atoms with Gasteiger partial charge in [0.25, 0.3) is 0 Å². The molecule has 0 heterocycles. The molecule has 2 aromatic carbocycles. The zero-order valence-electron chi connectivity index (χ0n) is 9.92. The van der Waals surface area contributed by atoms with Gasteiger partial charge in [-0.05, 0) is 43.3 Å². The quantitative estimate of drug-likeness (QED) is 0.468. The molecule has 0 amide bonds. The lowest BCUT2D eigenvalue weighted by molar-refractivity contribution is -0.104. The van der Waals surface area contributed by atoms with Crippen LogP contribution < -0.4 is 4.74 Å². The third-order valence-corrected chi connectivity index (χ3v) is 2.50. The minimum atomic E-state index is -0.531. The van der Waals surface area contributed by atoms with Gasteiger partial charge in [-0.3, -0.25) is 9.59 Å². The van der Waals surface area contributed by atoms with Crippen molar-refractivity contribution < 1.29 is 14.3 Å². The monoisotopic (exact) mass is 240 g/mol. The fourth-order valence-corrected chi connectivity index (χ4v) is 1.50. The highest BCUT2D eigenvalue weighted by Gasteiger charge is 2.04. The Balaban J connectivity index is 2.13. The molecule has 90 valence electrons. The molecule has 0 saturated carbocycles. The van der Waals surface area contributed by atoms with E-state index in [9.17, 15) is 9.59 Å². The third kappa shape index (κ3) is 2.83. The Morgan fingerprint density at radius 2 is 1.44 bits per heavy atom. The van der Waals surface area contributed by atoms with Crippen LogP contribution in [0.3, 0.4) is 0 Å². The molecular formula is C15H12O3. The zero-order valence-corrected chi connectivity index (χ0v) is 9.92. The lowest BCUT2D eigenvalue weighted by atomic mass is 10.1. The number of Topliss-reactive ketones (excluding diaryl/α,β-unsaturated/α-hetero) is 1. The molecule has 0 saturated heterocycles. The summed E-state index contributed by atoms with van der Waals surface area (Å²) in [6.45, 7) is 2.00. The molecular weight excluding hydrogens is 228 g/mol. The molecule has 0 fully saturated rings. The van der Waals surface area contributed by atoms with E-state index in [0.717, 1.165) is 11.3 Å². The number of ketones is 1. The van der Waals surface area contributed by atoms with Crippen LogP contribution in [0.2, 0.25) is 0 Å². The SMILES string of the molecule is Cc1ccc(Oc2ccc(C(=O)C=O)cc2)cc1. The van der Waals surface area contributed by atoms with Gasteiger partial charge in [0.2, 0.25) is 5.78 Å². The second-order valence-corrected chi connectivity index (χ2v) is 3.92. The second kappa shape index (κ2) is 5.27.